The van der Waals surface area contributed by atoms with Crippen molar-refractivity contribution >= 4 is 16.5 Å². The molecule has 1 aliphatic heterocycles. The number of H-pyrrole nitrogens is 1. The van der Waals surface area contributed by atoms with Crippen molar-refractivity contribution < 1.29 is 8.78 Å². The molecule has 0 amide bonds. The molecule has 0 atom stereocenters. The highest BCUT2D eigenvalue weighted by atomic mass is 19.2. The summed E-state index contributed by atoms with van der Waals surface area (Å²) in [7, 11) is 0. The fraction of sp³-hybridized carbons (Fsp3) is 0.231. The molecule has 0 spiro atoms. The second kappa shape index (κ2) is 3.96. The maximum absolute atomic E-state index is 13.3. The summed E-state index contributed by atoms with van der Waals surface area (Å²) < 4.78 is 26.3. The van der Waals surface area contributed by atoms with E-state index in [-0.39, 0.29) is 0 Å². The standard InChI is InChI=1S/C13H12F2N2/c14-11-5-9-10(8-1-3-16-4-2-8)7-17-13(9)6-12(11)15/h1,5-7,16-17H,2-4H2. The van der Waals surface area contributed by atoms with Gasteiger partial charge in [0.25, 0.3) is 0 Å². The van der Waals surface area contributed by atoms with Crippen molar-refractivity contribution in [3.8, 4) is 0 Å². The zero-order valence-electron chi connectivity index (χ0n) is 9.19. The summed E-state index contributed by atoms with van der Waals surface area (Å²) in [5.74, 6) is -1.61. The molecule has 2 nitrogen and oxygen atoms in total. The molecule has 4 heteroatoms. The zero-order chi connectivity index (χ0) is 11.8. The summed E-state index contributed by atoms with van der Waals surface area (Å²) in [6.07, 6.45) is 4.82. The summed E-state index contributed by atoms with van der Waals surface area (Å²) in [5, 5.41) is 3.97. The average molecular weight is 234 g/mol. The van der Waals surface area contributed by atoms with Crippen LogP contribution in [0.15, 0.2) is 24.4 Å². The van der Waals surface area contributed by atoms with Gasteiger partial charge in [-0.25, -0.2) is 8.78 Å². The molecule has 0 fully saturated rings. The smallest absolute Gasteiger partial charge is 0.160 e. The summed E-state index contributed by atoms with van der Waals surface area (Å²) >= 11 is 0. The number of aromatic nitrogens is 1. The molecule has 0 radical (unpaired) electrons. The van der Waals surface area contributed by atoms with E-state index in [1.165, 1.54) is 17.7 Å². The van der Waals surface area contributed by atoms with Gasteiger partial charge in [-0.15, -0.1) is 0 Å². The average Bonchev–Trinajstić information content (AvgIpc) is 2.74. The van der Waals surface area contributed by atoms with Crippen molar-refractivity contribution in [2.45, 2.75) is 6.42 Å². The molecule has 1 aromatic heterocycles. The van der Waals surface area contributed by atoms with Gasteiger partial charge in [0.05, 0.1) is 0 Å². The van der Waals surface area contributed by atoms with Crippen LogP contribution >= 0.6 is 0 Å². The number of nitrogens with one attached hydrogen (secondary N) is 2. The molecule has 0 aliphatic carbocycles. The lowest BCUT2D eigenvalue weighted by Gasteiger charge is -2.13. The third-order valence-electron chi connectivity index (χ3n) is 3.13. The Morgan fingerprint density at radius 1 is 1.12 bits per heavy atom. The number of halogens is 2. The lowest BCUT2D eigenvalue weighted by atomic mass is 10.00. The van der Waals surface area contributed by atoms with Crippen LogP contribution in [0.2, 0.25) is 0 Å². The topological polar surface area (TPSA) is 27.8 Å². The van der Waals surface area contributed by atoms with Crippen LogP contribution in [0.3, 0.4) is 0 Å². The Morgan fingerprint density at radius 3 is 2.71 bits per heavy atom. The van der Waals surface area contributed by atoms with E-state index < -0.39 is 11.6 Å². The Bertz CT molecular complexity index is 599. The van der Waals surface area contributed by atoms with E-state index in [0.717, 1.165) is 30.5 Å². The first-order chi connectivity index (χ1) is 8.25. The maximum Gasteiger partial charge on any atom is 0.160 e. The molecule has 88 valence electrons. The van der Waals surface area contributed by atoms with Crippen molar-refractivity contribution in [1.29, 1.82) is 0 Å². The number of rotatable bonds is 1. The van der Waals surface area contributed by atoms with Crippen LogP contribution in [0.1, 0.15) is 12.0 Å². The van der Waals surface area contributed by atoms with E-state index in [9.17, 15) is 8.78 Å². The summed E-state index contributed by atoms with van der Waals surface area (Å²) in [5.41, 5.74) is 2.79. The largest absolute Gasteiger partial charge is 0.360 e. The molecular formula is C13H12F2N2. The minimum absolute atomic E-state index is 0.637. The van der Waals surface area contributed by atoms with Crippen LogP contribution in [0, 0.1) is 11.6 Å². The van der Waals surface area contributed by atoms with Crippen molar-refractivity contribution in [3.05, 3.63) is 41.6 Å². The first-order valence-electron chi connectivity index (χ1n) is 5.62. The molecule has 3 rings (SSSR count). The molecule has 0 saturated heterocycles. The maximum atomic E-state index is 13.3. The minimum Gasteiger partial charge on any atom is -0.360 e. The third-order valence-corrected chi connectivity index (χ3v) is 3.13. The van der Waals surface area contributed by atoms with Gasteiger partial charge in [0.2, 0.25) is 0 Å². The highest BCUT2D eigenvalue weighted by Gasteiger charge is 2.13. The van der Waals surface area contributed by atoms with Gasteiger partial charge in [0.15, 0.2) is 11.6 Å². The Morgan fingerprint density at radius 2 is 1.94 bits per heavy atom. The predicted molar refractivity (Wildman–Crippen MR) is 63.7 cm³/mol. The van der Waals surface area contributed by atoms with Gasteiger partial charge in [-0.3, -0.25) is 0 Å². The van der Waals surface area contributed by atoms with Gasteiger partial charge in [-0.05, 0) is 24.6 Å². The second-order valence-corrected chi connectivity index (χ2v) is 4.20. The number of hydrogen-bond donors (Lipinski definition) is 2. The van der Waals surface area contributed by atoms with E-state index in [4.69, 9.17) is 0 Å². The Hall–Kier alpha value is -1.68. The molecular weight excluding hydrogens is 222 g/mol. The normalized spacial score (nSPS) is 16.2. The van der Waals surface area contributed by atoms with Crippen LogP contribution in [0.4, 0.5) is 8.78 Å². The molecule has 1 aromatic carbocycles. The van der Waals surface area contributed by atoms with Crippen molar-refractivity contribution in [3.63, 3.8) is 0 Å². The Balaban J connectivity index is 2.17. The van der Waals surface area contributed by atoms with Crippen molar-refractivity contribution in [1.82, 2.24) is 10.3 Å². The molecule has 0 unspecified atom stereocenters. The highest BCUT2D eigenvalue weighted by molar-refractivity contribution is 5.92. The zero-order valence-corrected chi connectivity index (χ0v) is 9.19. The molecule has 0 bridgehead atoms. The molecule has 2 aromatic rings. The van der Waals surface area contributed by atoms with Gasteiger partial charge >= 0.3 is 0 Å². The second-order valence-electron chi connectivity index (χ2n) is 4.20. The van der Waals surface area contributed by atoms with Crippen LogP contribution in [-0.4, -0.2) is 18.1 Å². The SMILES string of the molecule is Fc1cc2[nH]cc(C3=CCNCC3)c2cc1F. The van der Waals surface area contributed by atoms with E-state index in [1.807, 2.05) is 6.20 Å². The monoisotopic (exact) mass is 234 g/mol. The quantitative estimate of drug-likeness (QED) is 0.780. The van der Waals surface area contributed by atoms with E-state index in [1.54, 1.807) is 0 Å². The van der Waals surface area contributed by atoms with Gasteiger partial charge in [0.1, 0.15) is 0 Å². The minimum atomic E-state index is -0.815. The molecule has 2 N–H and O–H groups in total. The van der Waals surface area contributed by atoms with Crippen LogP contribution in [0.25, 0.3) is 16.5 Å². The van der Waals surface area contributed by atoms with Crippen LogP contribution in [0.5, 0.6) is 0 Å². The number of benzene rings is 1. The summed E-state index contributed by atoms with van der Waals surface area (Å²) in [4.78, 5) is 2.99. The van der Waals surface area contributed by atoms with Crippen molar-refractivity contribution in [2.75, 3.05) is 13.1 Å². The summed E-state index contributed by atoms with van der Waals surface area (Å²) in [6.45, 7) is 1.74. The summed E-state index contributed by atoms with van der Waals surface area (Å²) in [6, 6.07) is 2.47. The molecule has 17 heavy (non-hydrogen) atoms. The van der Waals surface area contributed by atoms with Crippen molar-refractivity contribution in [2.24, 2.45) is 0 Å². The van der Waals surface area contributed by atoms with Gasteiger partial charge in [0, 0.05) is 35.3 Å². The Labute approximate surface area is 97.3 Å². The fourth-order valence-electron chi connectivity index (χ4n) is 2.25. The van der Waals surface area contributed by atoms with Gasteiger partial charge < -0.3 is 10.3 Å². The van der Waals surface area contributed by atoms with Gasteiger partial charge in [-0.2, -0.15) is 0 Å². The van der Waals surface area contributed by atoms with Gasteiger partial charge in [-0.1, -0.05) is 6.08 Å². The predicted octanol–water partition coefficient (Wildman–Crippen LogP) is 2.82. The van der Waals surface area contributed by atoms with Crippen LogP contribution < -0.4 is 5.32 Å². The third kappa shape index (κ3) is 1.74. The van der Waals surface area contributed by atoms with E-state index in [0.29, 0.717) is 5.52 Å². The molecule has 1 aliphatic rings. The molecule has 0 saturated carbocycles. The fourth-order valence-corrected chi connectivity index (χ4v) is 2.25. The number of hydrogen-bond acceptors (Lipinski definition) is 1. The van der Waals surface area contributed by atoms with Crippen LogP contribution in [-0.2, 0) is 0 Å². The number of fused-ring (bicyclic) bond motifs is 1. The molecule has 2 heterocycles. The Kier molecular flexibility index (Phi) is 2.44. The first-order valence-corrected chi connectivity index (χ1v) is 5.62. The van der Waals surface area contributed by atoms with E-state index in [2.05, 4.69) is 16.4 Å². The first kappa shape index (κ1) is 10.5. The van der Waals surface area contributed by atoms with E-state index >= 15 is 0 Å². The highest BCUT2D eigenvalue weighted by Crippen LogP contribution is 2.29. The lowest BCUT2D eigenvalue weighted by molar-refractivity contribution is 0.511. The lowest BCUT2D eigenvalue weighted by Crippen LogP contribution is -2.19. The number of aromatic amines is 1.